The van der Waals surface area contributed by atoms with Gasteiger partial charge < -0.3 is 15.0 Å². The number of likely N-dealkylation sites (N-methyl/N-ethyl adjacent to an activating group) is 1. The molecule has 1 aromatic rings. The fraction of sp³-hybridized carbons (Fsp3) is 0.533. The number of amides is 1. The molecule has 0 aromatic heterocycles. The number of carbonyl (C=O) groups excluding carboxylic acids is 1. The average molecular weight is 297 g/mol. The Hall–Kier alpha value is -1.26. The van der Waals surface area contributed by atoms with Crippen molar-refractivity contribution < 1.29 is 9.53 Å². The van der Waals surface area contributed by atoms with Crippen LogP contribution in [0.5, 0.6) is 5.75 Å². The van der Waals surface area contributed by atoms with Crippen molar-refractivity contribution in [3.05, 3.63) is 29.3 Å². The van der Waals surface area contributed by atoms with Crippen LogP contribution in [0.25, 0.3) is 0 Å². The summed E-state index contributed by atoms with van der Waals surface area (Å²) < 4.78 is 5.70. The molecule has 0 spiro atoms. The zero-order chi connectivity index (χ0) is 14.5. The largest absolute Gasteiger partial charge is 0.479 e. The molecule has 2 atom stereocenters. The molecule has 0 radical (unpaired) electrons. The number of nitrogens with zero attached hydrogens (tertiary/aromatic N) is 1. The van der Waals surface area contributed by atoms with Crippen LogP contribution in [0.15, 0.2) is 24.3 Å². The number of hydrogen-bond acceptors (Lipinski definition) is 3. The summed E-state index contributed by atoms with van der Waals surface area (Å²) >= 11 is 6.05. The van der Waals surface area contributed by atoms with Crippen molar-refractivity contribution in [2.45, 2.75) is 31.9 Å². The molecule has 1 fully saturated rings. The maximum absolute atomic E-state index is 12.5. The minimum atomic E-state index is -0.521. The van der Waals surface area contributed by atoms with Gasteiger partial charge in [0.25, 0.3) is 5.91 Å². The SMILES string of the molecule is CNCC1CCCN1C(=O)C(C)Oc1ccccc1Cl. The first-order chi connectivity index (χ1) is 9.63. The highest BCUT2D eigenvalue weighted by Gasteiger charge is 2.31. The smallest absolute Gasteiger partial charge is 0.263 e. The number of ether oxygens (including phenoxy) is 1. The van der Waals surface area contributed by atoms with Crippen LogP contribution in [0, 0.1) is 0 Å². The third kappa shape index (κ3) is 3.44. The number of likely N-dealkylation sites (tertiary alicyclic amines) is 1. The summed E-state index contributed by atoms with van der Waals surface area (Å²) in [5.74, 6) is 0.585. The second kappa shape index (κ2) is 6.95. The van der Waals surface area contributed by atoms with Crippen LogP contribution >= 0.6 is 11.6 Å². The summed E-state index contributed by atoms with van der Waals surface area (Å²) in [6.07, 6.45) is 1.58. The zero-order valence-corrected chi connectivity index (χ0v) is 12.7. The van der Waals surface area contributed by atoms with Crippen molar-refractivity contribution in [3.63, 3.8) is 0 Å². The molecule has 1 amide bonds. The molecule has 1 aliphatic rings. The van der Waals surface area contributed by atoms with Gasteiger partial charge in [-0.3, -0.25) is 4.79 Å². The van der Waals surface area contributed by atoms with Crippen molar-refractivity contribution in [1.82, 2.24) is 10.2 Å². The van der Waals surface area contributed by atoms with E-state index in [-0.39, 0.29) is 11.9 Å². The third-order valence-electron chi connectivity index (χ3n) is 3.59. The Morgan fingerprint density at radius 3 is 3.00 bits per heavy atom. The van der Waals surface area contributed by atoms with E-state index in [0.717, 1.165) is 25.9 Å². The highest BCUT2D eigenvalue weighted by Crippen LogP contribution is 2.25. The first-order valence-electron chi connectivity index (χ1n) is 6.99. The van der Waals surface area contributed by atoms with E-state index in [1.807, 2.05) is 24.1 Å². The Labute approximate surface area is 125 Å². The fourth-order valence-corrected chi connectivity index (χ4v) is 2.77. The minimum absolute atomic E-state index is 0.0302. The van der Waals surface area contributed by atoms with Gasteiger partial charge in [-0.05, 0) is 38.9 Å². The van der Waals surface area contributed by atoms with Gasteiger partial charge in [-0.15, -0.1) is 0 Å². The van der Waals surface area contributed by atoms with Gasteiger partial charge in [0, 0.05) is 19.1 Å². The van der Waals surface area contributed by atoms with E-state index >= 15 is 0 Å². The molecule has 4 nitrogen and oxygen atoms in total. The standard InChI is InChI=1S/C15H21ClN2O2/c1-11(20-14-8-4-3-7-13(14)16)15(19)18-9-5-6-12(18)10-17-2/h3-4,7-8,11-12,17H,5-6,9-10H2,1-2H3. The lowest BCUT2D eigenvalue weighted by Crippen LogP contribution is -2.46. The summed E-state index contributed by atoms with van der Waals surface area (Å²) in [5.41, 5.74) is 0. The van der Waals surface area contributed by atoms with E-state index in [2.05, 4.69) is 5.32 Å². The molecule has 0 saturated carbocycles. The molecular weight excluding hydrogens is 276 g/mol. The molecule has 0 bridgehead atoms. The van der Waals surface area contributed by atoms with Crippen LogP contribution in [-0.2, 0) is 4.79 Å². The first-order valence-corrected chi connectivity index (χ1v) is 7.37. The monoisotopic (exact) mass is 296 g/mol. The highest BCUT2D eigenvalue weighted by atomic mass is 35.5. The molecule has 1 aromatic carbocycles. The van der Waals surface area contributed by atoms with Crippen molar-refractivity contribution in [3.8, 4) is 5.75 Å². The lowest BCUT2D eigenvalue weighted by molar-refractivity contribution is -0.138. The third-order valence-corrected chi connectivity index (χ3v) is 3.90. The number of nitrogens with one attached hydrogen (secondary N) is 1. The second-order valence-electron chi connectivity index (χ2n) is 5.08. The van der Waals surface area contributed by atoms with Crippen molar-refractivity contribution in [2.24, 2.45) is 0 Å². The molecule has 110 valence electrons. The lowest BCUT2D eigenvalue weighted by atomic mass is 10.2. The van der Waals surface area contributed by atoms with Gasteiger partial charge >= 0.3 is 0 Å². The number of carbonyl (C=O) groups is 1. The Morgan fingerprint density at radius 1 is 1.55 bits per heavy atom. The molecule has 1 saturated heterocycles. The summed E-state index contributed by atoms with van der Waals surface area (Å²) in [5, 5.41) is 3.66. The average Bonchev–Trinajstić information content (AvgIpc) is 2.89. The van der Waals surface area contributed by atoms with E-state index in [1.165, 1.54) is 0 Å². The Kier molecular flexibility index (Phi) is 5.26. The van der Waals surface area contributed by atoms with E-state index in [9.17, 15) is 4.79 Å². The molecule has 0 aliphatic carbocycles. The van der Waals surface area contributed by atoms with Crippen LogP contribution in [0.3, 0.4) is 0 Å². The van der Waals surface area contributed by atoms with Gasteiger partial charge in [0.05, 0.1) is 5.02 Å². The van der Waals surface area contributed by atoms with Gasteiger partial charge in [-0.2, -0.15) is 0 Å². The number of halogens is 1. The summed E-state index contributed by atoms with van der Waals surface area (Å²) in [6.45, 7) is 3.41. The maximum atomic E-state index is 12.5. The molecule has 20 heavy (non-hydrogen) atoms. The fourth-order valence-electron chi connectivity index (χ4n) is 2.59. The quantitative estimate of drug-likeness (QED) is 0.907. The van der Waals surface area contributed by atoms with Crippen LogP contribution in [0.1, 0.15) is 19.8 Å². The number of hydrogen-bond donors (Lipinski definition) is 1. The predicted octanol–water partition coefficient (Wildman–Crippen LogP) is 2.32. The van der Waals surface area contributed by atoms with Gasteiger partial charge in [0.1, 0.15) is 5.75 Å². The Morgan fingerprint density at radius 2 is 2.30 bits per heavy atom. The molecule has 5 heteroatoms. The van der Waals surface area contributed by atoms with Gasteiger partial charge in [-0.25, -0.2) is 0 Å². The predicted molar refractivity (Wildman–Crippen MR) is 80.2 cm³/mol. The van der Waals surface area contributed by atoms with Crippen LogP contribution in [0.4, 0.5) is 0 Å². The minimum Gasteiger partial charge on any atom is -0.479 e. The van der Waals surface area contributed by atoms with Gasteiger partial charge in [0.2, 0.25) is 0 Å². The highest BCUT2D eigenvalue weighted by molar-refractivity contribution is 6.32. The van der Waals surface area contributed by atoms with Crippen molar-refractivity contribution in [1.29, 1.82) is 0 Å². The first kappa shape index (κ1) is 15.1. The lowest BCUT2D eigenvalue weighted by Gasteiger charge is -2.27. The zero-order valence-electron chi connectivity index (χ0n) is 11.9. The molecule has 1 aliphatic heterocycles. The molecule has 1 heterocycles. The molecule has 1 N–H and O–H groups in total. The van der Waals surface area contributed by atoms with Crippen LogP contribution in [-0.4, -0.2) is 43.1 Å². The molecule has 2 unspecified atom stereocenters. The van der Waals surface area contributed by atoms with Crippen LogP contribution in [0.2, 0.25) is 5.02 Å². The summed E-state index contributed by atoms with van der Waals surface area (Å²) in [6, 6.07) is 7.49. The summed E-state index contributed by atoms with van der Waals surface area (Å²) in [4.78, 5) is 14.4. The second-order valence-corrected chi connectivity index (χ2v) is 5.48. The van der Waals surface area contributed by atoms with Crippen LogP contribution < -0.4 is 10.1 Å². The van der Waals surface area contributed by atoms with E-state index in [1.54, 1.807) is 19.1 Å². The Balaban J connectivity index is 2.00. The number of para-hydroxylation sites is 1. The molecule has 2 rings (SSSR count). The van der Waals surface area contributed by atoms with Crippen molar-refractivity contribution >= 4 is 17.5 Å². The van der Waals surface area contributed by atoms with E-state index in [0.29, 0.717) is 10.8 Å². The normalized spacial score (nSPS) is 19.9. The summed E-state index contributed by atoms with van der Waals surface area (Å²) in [7, 11) is 1.91. The number of rotatable bonds is 5. The number of benzene rings is 1. The van der Waals surface area contributed by atoms with Gasteiger partial charge in [0.15, 0.2) is 6.10 Å². The topological polar surface area (TPSA) is 41.6 Å². The maximum Gasteiger partial charge on any atom is 0.263 e. The molecular formula is C15H21ClN2O2. The Bertz CT molecular complexity index is 467. The van der Waals surface area contributed by atoms with Crippen molar-refractivity contribution in [2.75, 3.05) is 20.1 Å². The van der Waals surface area contributed by atoms with Gasteiger partial charge in [-0.1, -0.05) is 23.7 Å². The van der Waals surface area contributed by atoms with E-state index < -0.39 is 6.10 Å². The van der Waals surface area contributed by atoms with E-state index in [4.69, 9.17) is 16.3 Å².